The molecule has 19 heavy (non-hydrogen) atoms. The number of nitrogens with zero attached hydrogens (tertiary/aromatic N) is 1. The van der Waals surface area contributed by atoms with Gasteiger partial charge in [-0.3, -0.25) is 4.79 Å². The van der Waals surface area contributed by atoms with Gasteiger partial charge >= 0.3 is 0 Å². The van der Waals surface area contributed by atoms with E-state index >= 15 is 0 Å². The maximum absolute atomic E-state index is 13.1. The highest BCUT2D eigenvalue weighted by Gasteiger charge is 2.11. The summed E-state index contributed by atoms with van der Waals surface area (Å²) in [6.45, 7) is 0. The Hall–Kier alpha value is -2.14. The van der Waals surface area contributed by atoms with E-state index in [4.69, 9.17) is 11.6 Å². The van der Waals surface area contributed by atoms with Crippen molar-refractivity contribution in [1.29, 1.82) is 0 Å². The molecule has 0 aliphatic carbocycles. The van der Waals surface area contributed by atoms with Gasteiger partial charge in [-0.05, 0) is 30.3 Å². The number of halogens is 2. The Labute approximate surface area is 114 Å². The van der Waals surface area contributed by atoms with E-state index < -0.39 is 11.7 Å². The van der Waals surface area contributed by atoms with Gasteiger partial charge in [0.25, 0.3) is 5.91 Å². The molecule has 2 N–H and O–H groups in total. The molecule has 2 aromatic rings. The molecule has 98 valence electrons. The fraction of sp³-hybridized carbons (Fsp3) is 0.0769. The van der Waals surface area contributed by atoms with Crippen LogP contribution in [-0.4, -0.2) is 17.9 Å². The van der Waals surface area contributed by atoms with E-state index in [1.807, 2.05) is 0 Å². The maximum Gasteiger partial charge on any atom is 0.274 e. The first-order chi connectivity index (χ1) is 9.10. The van der Waals surface area contributed by atoms with Crippen LogP contribution in [0, 0.1) is 5.82 Å². The molecular formula is C13H11ClFN3O. The fourth-order valence-electron chi connectivity index (χ4n) is 1.48. The summed E-state index contributed by atoms with van der Waals surface area (Å²) < 4.78 is 13.1. The lowest BCUT2D eigenvalue weighted by atomic mass is 10.2. The van der Waals surface area contributed by atoms with E-state index in [2.05, 4.69) is 15.6 Å². The first kappa shape index (κ1) is 13.3. The van der Waals surface area contributed by atoms with Gasteiger partial charge in [-0.25, -0.2) is 9.37 Å². The largest absolute Gasteiger partial charge is 0.373 e. The predicted octanol–water partition coefficient (Wildman–Crippen LogP) is 3.17. The second kappa shape index (κ2) is 5.67. The second-order valence-electron chi connectivity index (χ2n) is 3.74. The number of carbonyl (C=O) groups excluding carboxylic acids is 1. The van der Waals surface area contributed by atoms with Gasteiger partial charge in [-0.2, -0.15) is 0 Å². The van der Waals surface area contributed by atoms with Gasteiger partial charge in [-0.1, -0.05) is 17.7 Å². The number of nitrogens with one attached hydrogen (secondary N) is 2. The smallest absolute Gasteiger partial charge is 0.274 e. The summed E-state index contributed by atoms with van der Waals surface area (Å²) in [6.07, 6.45) is 0. The van der Waals surface area contributed by atoms with Crippen molar-refractivity contribution in [3.8, 4) is 0 Å². The van der Waals surface area contributed by atoms with Crippen molar-refractivity contribution >= 4 is 29.0 Å². The van der Waals surface area contributed by atoms with Crippen LogP contribution in [0.15, 0.2) is 36.4 Å². The van der Waals surface area contributed by atoms with Gasteiger partial charge in [-0.15, -0.1) is 0 Å². The molecule has 0 saturated carbocycles. The number of carbonyl (C=O) groups is 1. The molecule has 0 unspecified atom stereocenters. The molecular weight excluding hydrogens is 269 g/mol. The highest BCUT2D eigenvalue weighted by atomic mass is 35.5. The zero-order valence-corrected chi connectivity index (χ0v) is 10.8. The Kier molecular flexibility index (Phi) is 3.97. The molecule has 1 amide bonds. The molecule has 0 aliphatic rings. The summed E-state index contributed by atoms with van der Waals surface area (Å²) in [7, 11) is 1.70. The van der Waals surface area contributed by atoms with Crippen LogP contribution in [-0.2, 0) is 0 Å². The van der Waals surface area contributed by atoms with Crippen molar-refractivity contribution in [2.24, 2.45) is 0 Å². The van der Waals surface area contributed by atoms with E-state index in [0.29, 0.717) is 5.82 Å². The fourth-order valence-corrected chi connectivity index (χ4v) is 1.64. The molecule has 1 aromatic heterocycles. The number of rotatable bonds is 3. The summed E-state index contributed by atoms with van der Waals surface area (Å²) in [5.41, 5.74) is 0.426. The van der Waals surface area contributed by atoms with E-state index in [0.717, 1.165) is 6.07 Å². The first-order valence-corrected chi connectivity index (χ1v) is 5.89. The van der Waals surface area contributed by atoms with Gasteiger partial charge in [0.2, 0.25) is 0 Å². The van der Waals surface area contributed by atoms with Crippen LogP contribution in [0.3, 0.4) is 0 Å². The van der Waals surface area contributed by atoms with Crippen LogP contribution in [0.1, 0.15) is 10.5 Å². The Bertz CT molecular complexity index is 619. The quantitative estimate of drug-likeness (QED) is 0.907. The zero-order valence-electron chi connectivity index (χ0n) is 10.1. The molecule has 0 aliphatic heterocycles. The molecule has 0 spiro atoms. The summed E-state index contributed by atoms with van der Waals surface area (Å²) in [6, 6.07) is 8.74. The Balaban J connectivity index is 2.22. The molecule has 0 saturated heterocycles. The van der Waals surface area contributed by atoms with Crippen molar-refractivity contribution in [1.82, 2.24) is 4.98 Å². The number of aromatic nitrogens is 1. The topological polar surface area (TPSA) is 54.0 Å². The van der Waals surface area contributed by atoms with Crippen molar-refractivity contribution in [2.75, 3.05) is 17.7 Å². The Morgan fingerprint density at radius 1 is 1.32 bits per heavy atom. The minimum atomic E-state index is -0.475. The van der Waals surface area contributed by atoms with Gasteiger partial charge in [0.05, 0.1) is 10.7 Å². The van der Waals surface area contributed by atoms with Gasteiger partial charge < -0.3 is 10.6 Å². The number of benzene rings is 1. The summed E-state index contributed by atoms with van der Waals surface area (Å²) in [5.74, 6) is -0.362. The minimum Gasteiger partial charge on any atom is -0.373 e. The van der Waals surface area contributed by atoms with E-state index in [1.165, 1.54) is 12.1 Å². The number of amides is 1. The molecule has 0 radical (unpaired) electrons. The standard InChI is InChI=1S/C13H11ClFN3O/c1-16-12-4-2-3-10(17-12)13(19)18-11-7-8(15)5-6-9(11)14/h2-7H,1H3,(H,16,17)(H,18,19). The van der Waals surface area contributed by atoms with Crippen molar-refractivity contribution in [2.45, 2.75) is 0 Å². The molecule has 1 aromatic carbocycles. The Morgan fingerprint density at radius 2 is 2.11 bits per heavy atom. The van der Waals surface area contributed by atoms with Crippen LogP contribution in [0.2, 0.25) is 5.02 Å². The molecule has 2 rings (SSSR count). The number of hydrogen-bond donors (Lipinski definition) is 2. The van der Waals surface area contributed by atoms with Crippen LogP contribution >= 0.6 is 11.6 Å². The lowest BCUT2D eigenvalue weighted by Crippen LogP contribution is -2.14. The van der Waals surface area contributed by atoms with E-state index in [1.54, 1.807) is 25.2 Å². The predicted molar refractivity (Wildman–Crippen MR) is 73.1 cm³/mol. The van der Waals surface area contributed by atoms with Crippen LogP contribution < -0.4 is 10.6 Å². The van der Waals surface area contributed by atoms with Gasteiger partial charge in [0.1, 0.15) is 17.3 Å². The highest BCUT2D eigenvalue weighted by Crippen LogP contribution is 2.22. The van der Waals surface area contributed by atoms with Crippen molar-refractivity contribution < 1.29 is 9.18 Å². The van der Waals surface area contributed by atoms with Crippen LogP contribution in [0.25, 0.3) is 0 Å². The van der Waals surface area contributed by atoms with E-state index in [-0.39, 0.29) is 16.4 Å². The Morgan fingerprint density at radius 3 is 2.84 bits per heavy atom. The number of anilines is 2. The third-order valence-electron chi connectivity index (χ3n) is 2.41. The van der Waals surface area contributed by atoms with E-state index in [9.17, 15) is 9.18 Å². The third kappa shape index (κ3) is 3.20. The highest BCUT2D eigenvalue weighted by molar-refractivity contribution is 6.33. The monoisotopic (exact) mass is 279 g/mol. The average Bonchev–Trinajstić information content (AvgIpc) is 2.43. The lowest BCUT2D eigenvalue weighted by molar-refractivity contribution is 0.102. The minimum absolute atomic E-state index is 0.211. The molecule has 6 heteroatoms. The SMILES string of the molecule is CNc1cccc(C(=O)Nc2cc(F)ccc2Cl)n1. The van der Waals surface area contributed by atoms with Crippen LogP contribution in [0.4, 0.5) is 15.9 Å². The summed E-state index contributed by atoms with van der Waals surface area (Å²) in [5, 5.41) is 5.61. The molecule has 0 atom stereocenters. The molecule has 0 bridgehead atoms. The normalized spacial score (nSPS) is 10.1. The van der Waals surface area contributed by atoms with Crippen LogP contribution in [0.5, 0.6) is 0 Å². The van der Waals surface area contributed by atoms with Crippen molar-refractivity contribution in [3.63, 3.8) is 0 Å². The number of hydrogen-bond acceptors (Lipinski definition) is 3. The first-order valence-electron chi connectivity index (χ1n) is 5.51. The summed E-state index contributed by atoms with van der Waals surface area (Å²) >= 11 is 5.87. The molecule has 1 heterocycles. The average molecular weight is 280 g/mol. The van der Waals surface area contributed by atoms with Crippen molar-refractivity contribution in [3.05, 3.63) is 52.9 Å². The lowest BCUT2D eigenvalue weighted by Gasteiger charge is -2.07. The zero-order chi connectivity index (χ0) is 13.8. The molecule has 0 fully saturated rings. The maximum atomic E-state index is 13.1. The summed E-state index contributed by atoms with van der Waals surface area (Å²) in [4.78, 5) is 16.0. The number of pyridine rings is 1. The third-order valence-corrected chi connectivity index (χ3v) is 2.74. The second-order valence-corrected chi connectivity index (χ2v) is 4.14. The van der Waals surface area contributed by atoms with Gasteiger partial charge in [0.15, 0.2) is 0 Å². The van der Waals surface area contributed by atoms with Gasteiger partial charge in [0, 0.05) is 7.05 Å². The molecule has 4 nitrogen and oxygen atoms in total.